The molecule has 1 aromatic carbocycles. The van der Waals surface area contributed by atoms with Gasteiger partial charge in [-0.15, -0.1) is 0 Å². The first-order valence-electron chi connectivity index (χ1n) is 5.24. The predicted molar refractivity (Wildman–Crippen MR) is 67.0 cm³/mol. The van der Waals surface area contributed by atoms with Crippen molar-refractivity contribution in [1.82, 2.24) is 0 Å². The highest BCUT2D eigenvalue weighted by atomic mass is 32.2. The molecule has 6 heteroatoms. The molecular formula is C12H16O5S. The van der Waals surface area contributed by atoms with Crippen molar-refractivity contribution in [2.24, 2.45) is 0 Å². The summed E-state index contributed by atoms with van der Waals surface area (Å²) < 4.78 is 33.5. The molecule has 0 spiro atoms. The number of rotatable bonds is 5. The summed E-state index contributed by atoms with van der Waals surface area (Å²) >= 11 is 0. The van der Waals surface area contributed by atoms with Gasteiger partial charge in [0.2, 0.25) is 0 Å². The summed E-state index contributed by atoms with van der Waals surface area (Å²) in [6, 6.07) is 2.91. The fourth-order valence-corrected chi connectivity index (χ4v) is 2.58. The zero-order valence-corrected chi connectivity index (χ0v) is 11.6. The van der Waals surface area contributed by atoms with Crippen LogP contribution in [-0.2, 0) is 21.1 Å². The number of ketones is 1. The fraction of sp³-hybridized carbons (Fsp3) is 0.417. The van der Waals surface area contributed by atoms with E-state index >= 15 is 0 Å². The molecule has 0 aliphatic heterocycles. The lowest BCUT2D eigenvalue weighted by Gasteiger charge is -2.13. The zero-order chi connectivity index (χ0) is 13.9. The van der Waals surface area contributed by atoms with Gasteiger partial charge in [0.25, 0.3) is 0 Å². The second-order valence-corrected chi connectivity index (χ2v) is 5.95. The highest BCUT2D eigenvalue weighted by Crippen LogP contribution is 2.33. The minimum atomic E-state index is -3.42. The van der Waals surface area contributed by atoms with E-state index in [9.17, 15) is 13.2 Å². The average molecular weight is 272 g/mol. The Bertz CT molecular complexity index is 560. The first kappa shape index (κ1) is 14.5. The van der Waals surface area contributed by atoms with E-state index < -0.39 is 9.84 Å². The molecule has 0 aliphatic carbocycles. The first-order valence-corrected chi connectivity index (χ1v) is 7.13. The van der Waals surface area contributed by atoms with E-state index in [1.807, 2.05) is 0 Å². The van der Waals surface area contributed by atoms with E-state index in [0.29, 0.717) is 17.1 Å². The molecule has 5 nitrogen and oxygen atoms in total. The Morgan fingerprint density at radius 3 is 2.06 bits per heavy atom. The molecule has 0 amide bonds. The lowest BCUT2D eigenvalue weighted by molar-refractivity contribution is -0.116. The van der Waals surface area contributed by atoms with Gasteiger partial charge in [-0.25, -0.2) is 8.42 Å². The molecule has 18 heavy (non-hydrogen) atoms. The Labute approximate surface area is 107 Å². The van der Waals surface area contributed by atoms with E-state index in [-0.39, 0.29) is 17.1 Å². The van der Waals surface area contributed by atoms with Crippen molar-refractivity contribution in [3.8, 4) is 11.5 Å². The average Bonchev–Trinajstić information content (AvgIpc) is 2.26. The normalized spacial score (nSPS) is 11.1. The maximum absolute atomic E-state index is 11.7. The maximum atomic E-state index is 11.7. The van der Waals surface area contributed by atoms with Gasteiger partial charge in [-0.05, 0) is 18.6 Å². The van der Waals surface area contributed by atoms with Crippen molar-refractivity contribution in [1.29, 1.82) is 0 Å². The molecule has 0 bridgehead atoms. The van der Waals surface area contributed by atoms with Crippen LogP contribution in [0.4, 0.5) is 0 Å². The fourth-order valence-electron chi connectivity index (χ4n) is 1.65. The Morgan fingerprint density at radius 1 is 1.17 bits per heavy atom. The Balaban J connectivity index is 3.51. The van der Waals surface area contributed by atoms with Gasteiger partial charge in [0.1, 0.15) is 5.78 Å². The third-order valence-corrected chi connectivity index (χ3v) is 3.58. The van der Waals surface area contributed by atoms with Crippen LogP contribution in [0.5, 0.6) is 11.5 Å². The third kappa shape index (κ3) is 3.22. The molecule has 0 fully saturated rings. The van der Waals surface area contributed by atoms with Gasteiger partial charge in [-0.1, -0.05) is 0 Å². The summed E-state index contributed by atoms with van der Waals surface area (Å²) in [6.45, 7) is 1.41. The second kappa shape index (κ2) is 5.39. The van der Waals surface area contributed by atoms with Crippen molar-refractivity contribution in [3.05, 3.63) is 17.7 Å². The molecule has 0 atom stereocenters. The van der Waals surface area contributed by atoms with E-state index in [4.69, 9.17) is 9.47 Å². The SMILES string of the molecule is COc1cc(CC(C)=O)c(S(C)(=O)=O)cc1OC. The lowest BCUT2D eigenvalue weighted by Crippen LogP contribution is -2.07. The van der Waals surface area contributed by atoms with Gasteiger partial charge in [0.15, 0.2) is 21.3 Å². The highest BCUT2D eigenvalue weighted by molar-refractivity contribution is 7.90. The summed E-state index contributed by atoms with van der Waals surface area (Å²) in [7, 11) is -0.545. The third-order valence-electron chi connectivity index (χ3n) is 2.41. The Hall–Kier alpha value is -1.56. The summed E-state index contributed by atoms with van der Waals surface area (Å²) in [5, 5.41) is 0. The number of carbonyl (C=O) groups is 1. The van der Waals surface area contributed by atoms with Crippen LogP contribution in [-0.4, -0.2) is 34.7 Å². The molecule has 0 unspecified atom stereocenters. The van der Waals surface area contributed by atoms with Crippen LogP contribution in [0.2, 0.25) is 0 Å². The minimum Gasteiger partial charge on any atom is -0.493 e. The molecule has 0 radical (unpaired) electrons. The number of sulfone groups is 1. The number of hydrogen-bond acceptors (Lipinski definition) is 5. The van der Waals surface area contributed by atoms with Crippen LogP contribution in [0.25, 0.3) is 0 Å². The standard InChI is InChI=1S/C12H16O5S/c1-8(13)5-9-6-10(16-2)11(17-3)7-12(9)18(4,14)15/h6-7H,5H2,1-4H3. The molecule has 100 valence electrons. The number of hydrogen-bond donors (Lipinski definition) is 0. The summed E-state index contributed by atoms with van der Waals surface area (Å²) in [5.41, 5.74) is 0.419. The quantitative estimate of drug-likeness (QED) is 0.806. The molecule has 0 saturated carbocycles. The minimum absolute atomic E-state index is 0.0444. The largest absolute Gasteiger partial charge is 0.493 e. The van der Waals surface area contributed by atoms with Crippen LogP contribution in [0.1, 0.15) is 12.5 Å². The number of methoxy groups -OCH3 is 2. The van der Waals surface area contributed by atoms with Gasteiger partial charge in [-0.3, -0.25) is 4.79 Å². The Kier molecular flexibility index (Phi) is 4.34. The summed E-state index contributed by atoms with van der Waals surface area (Å²) in [4.78, 5) is 11.3. The maximum Gasteiger partial charge on any atom is 0.175 e. The van der Waals surface area contributed by atoms with Crippen molar-refractivity contribution < 1.29 is 22.7 Å². The number of Topliss-reactive ketones (excluding diaryl/α,β-unsaturated/α-hetero) is 1. The van der Waals surface area contributed by atoms with Gasteiger partial charge >= 0.3 is 0 Å². The lowest BCUT2D eigenvalue weighted by atomic mass is 10.1. The van der Waals surface area contributed by atoms with Gasteiger partial charge in [-0.2, -0.15) is 0 Å². The number of benzene rings is 1. The van der Waals surface area contributed by atoms with E-state index in [1.54, 1.807) is 0 Å². The Morgan fingerprint density at radius 2 is 1.67 bits per heavy atom. The van der Waals surface area contributed by atoms with Crippen LogP contribution in [0.3, 0.4) is 0 Å². The molecule has 0 aromatic heterocycles. The molecule has 0 heterocycles. The summed E-state index contributed by atoms with van der Waals surface area (Å²) in [6.07, 6.45) is 1.14. The molecule has 1 aromatic rings. The zero-order valence-electron chi connectivity index (χ0n) is 10.8. The van der Waals surface area contributed by atoms with E-state index in [0.717, 1.165) is 6.26 Å². The van der Waals surface area contributed by atoms with Crippen LogP contribution >= 0.6 is 0 Å². The monoisotopic (exact) mass is 272 g/mol. The van der Waals surface area contributed by atoms with Gasteiger partial charge < -0.3 is 9.47 Å². The van der Waals surface area contributed by atoms with Crippen LogP contribution in [0.15, 0.2) is 17.0 Å². The second-order valence-electron chi connectivity index (χ2n) is 3.97. The van der Waals surface area contributed by atoms with E-state index in [2.05, 4.69) is 0 Å². The molecule has 0 N–H and O–H groups in total. The predicted octanol–water partition coefficient (Wildman–Crippen LogP) is 1.24. The summed E-state index contributed by atoms with van der Waals surface area (Å²) in [5.74, 6) is 0.610. The molecule has 1 rings (SSSR count). The number of carbonyl (C=O) groups excluding carboxylic acids is 1. The topological polar surface area (TPSA) is 69.7 Å². The van der Waals surface area contributed by atoms with Gasteiger partial charge in [0, 0.05) is 18.7 Å². The van der Waals surface area contributed by atoms with E-state index in [1.165, 1.54) is 33.3 Å². The first-order chi connectivity index (χ1) is 8.29. The van der Waals surface area contributed by atoms with Crippen LogP contribution < -0.4 is 9.47 Å². The molecule has 0 aliphatic rings. The molecule has 0 saturated heterocycles. The smallest absolute Gasteiger partial charge is 0.175 e. The van der Waals surface area contributed by atoms with Crippen molar-refractivity contribution in [3.63, 3.8) is 0 Å². The number of ether oxygens (including phenoxy) is 2. The van der Waals surface area contributed by atoms with Crippen molar-refractivity contribution in [2.45, 2.75) is 18.2 Å². The van der Waals surface area contributed by atoms with Gasteiger partial charge in [0.05, 0.1) is 19.1 Å². The van der Waals surface area contributed by atoms with Crippen molar-refractivity contribution >= 4 is 15.6 Å². The highest BCUT2D eigenvalue weighted by Gasteiger charge is 2.19. The molecular weight excluding hydrogens is 256 g/mol. The van der Waals surface area contributed by atoms with Crippen LogP contribution in [0, 0.1) is 0 Å². The van der Waals surface area contributed by atoms with Crippen molar-refractivity contribution in [2.75, 3.05) is 20.5 Å².